The first-order chi connectivity index (χ1) is 6.61. The van der Waals surface area contributed by atoms with Crippen LogP contribution in [0.3, 0.4) is 0 Å². The minimum absolute atomic E-state index is 1.41. The highest BCUT2D eigenvalue weighted by molar-refractivity contribution is 7.25. The molecule has 0 bridgehead atoms. The van der Waals surface area contributed by atoms with Crippen molar-refractivity contribution >= 4 is 44.0 Å². The molecular formula is C8H6O4S2. The van der Waals surface area contributed by atoms with Crippen molar-refractivity contribution in [2.24, 2.45) is 0 Å². The molecule has 0 amide bonds. The van der Waals surface area contributed by atoms with Crippen LogP contribution >= 0.6 is 22.7 Å². The normalized spacial score (nSPS) is 9.14. The van der Waals surface area contributed by atoms with E-state index >= 15 is 0 Å². The largest absolute Gasteiger partial charge is 0.473 e. The Morgan fingerprint density at radius 3 is 1.57 bits per heavy atom. The average molecular weight is 230 g/mol. The van der Waals surface area contributed by atoms with E-state index in [0.717, 1.165) is 0 Å². The summed E-state index contributed by atoms with van der Waals surface area (Å²) in [6.07, 6.45) is 0. The molecule has 0 fully saturated rings. The Labute approximate surface area is 87.0 Å². The SMILES string of the molecule is O=C(O)C(=O)O.c1cc2sccc2s1. The van der Waals surface area contributed by atoms with Crippen LogP contribution in [-0.4, -0.2) is 22.2 Å². The molecule has 0 aliphatic carbocycles. The molecule has 0 aromatic carbocycles. The van der Waals surface area contributed by atoms with Crippen molar-refractivity contribution in [2.45, 2.75) is 0 Å². The first kappa shape index (κ1) is 10.7. The van der Waals surface area contributed by atoms with Crippen molar-refractivity contribution in [1.29, 1.82) is 0 Å². The fourth-order valence-electron chi connectivity index (χ4n) is 0.697. The maximum atomic E-state index is 9.10. The quantitative estimate of drug-likeness (QED) is 0.680. The van der Waals surface area contributed by atoms with E-state index in [4.69, 9.17) is 19.8 Å². The number of carboxylic acids is 2. The second-order valence-electron chi connectivity index (χ2n) is 2.18. The summed E-state index contributed by atoms with van der Waals surface area (Å²) in [6.45, 7) is 0. The fourth-order valence-corrected chi connectivity index (χ4v) is 2.52. The zero-order valence-electron chi connectivity index (χ0n) is 6.84. The Balaban J connectivity index is 0.000000149. The van der Waals surface area contributed by atoms with Gasteiger partial charge in [-0.25, -0.2) is 9.59 Å². The molecule has 0 spiro atoms. The van der Waals surface area contributed by atoms with E-state index in [1.165, 1.54) is 9.40 Å². The van der Waals surface area contributed by atoms with Gasteiger partial charge in [-0.1, -0.05) is 0 Å². The third-order valence-electron chi connectivity index (χ3n) is 1.25. The molecular weight excluding hydrogens is 224 g/mol. The molecule has 0 atom stereocenters. The number of hydrogen-bond donors (Lipinski definition) is 2. The summed E-state index contributed by atoms with van der Waals surface area (Å²) in [6, 6.07) is 4.31. The van der Waals surface area contributed by atoms with E-state index in [1.807, 2.05) is 0 Å². The molecule has 6 heteroatoms. The second kappa shape index (κ2) is 4.73. The molecule has 0 radical (unpaired) electrons. The van der Waals surface area contributed by atoms with Crippen molar-refractivity contribution in [3.05, 3.63) is 22.9 Å². The first-order valence-electron chi connectivity index (χ1n) is 3.48. The van der Waals surface area contributed by atoms with Gasteiger partial charge in [0.1, 0.15) is 0 Å². The van der Waals surface area contributed by atoms with Gasteiger partial charge in [0.2, 0.25) is 0 Å². The predicted octanol–water partition coefficient (Wildman–Crippen LogP) is 2.12. The molecule has 2 aromatic rings. The molecule has 2 heterocycles. The van der Waals surface area contributed by atoms with Crippen molar-refractivity contribution in [1.82, 2.24) is 0 Å². The van der Waals surface area contributed by atoms with Crippen LogP contribution in [0.5, 0.6) is 0 Å². The standard InChI is InChI=1S/C6H4S2.C2H2O4/c1-3-7-6-2-4-8-5(1)6;3-1(4)2(5)6/h1-4H;(H,3,4)(H,5,6). The summed E-state index contributed by atoms with van der Waals surface area (Å²) in [5.74, 6) is -3.65. The zero-order chi connectivity index (χ0) is 10.6. The number of hydrogen-bond acceptors (Lipinski definition) is 4. The Bertz CT molecular complexity index is 380. The summed E-state index contributed by atoms with van der Waals surface area (Å²) in [4.78, 5) is 18.2. The summed E-state index contributed by atoms with van der Waals surface area (Å²) in [5.41, 5.74) is 0. The smallest absolute Gasteiger partial charge is 0.414 e. The maximum Gasteiger partial charge on any atom is 0.414 e. The lowest BCUT2D eigenvalue weighted by Crippen LogP contribution is -2.09. The molecule has 0 saturated carbocycles. The summed E-state index contributed by atoms with van der Waals surface area (Å²) < 4.78 is 2.82. The van der Waals surface area contributed by atoms with E-state index in [1.54, 1.807) is 22.7 Å². The fraction of sp³-hybridized carbons (Fsp3) is 0. The Morgan fingerprint density at radius 2 is 1.29 bits per heavy atom. The van der Waals surface area contributed by atoms with E-state index < -0.39 is 11.9 Å². The average Bonchev–Trinajstić information content (AvgIpc) is 2.63. The van der Waals surface area contributed by atoms with E-state index in [2.05, 4.69) is 22.9 Å². The third kappa shape index (κ3) is 2.82. The lowest BCUT2D eigenvalue weighted by atomic mass is 10.5. The lowest BCUT2D eigenvalue weighted by molar-refractivity contribution is -0.159. The maximum absolute atomic E-state index is 9.10. The van der Waals surface area contributed by atoms with Gasteiger partial charge in [0.25, 0.3) is 0 Å². The van der Waals surface area contributed by atoms with Gasteiger partial charge in [-0.2, -0.15) is 0 Å². The number of carboxylic acid groups (broad SMARTS) is 2. The Hall–Kier alpha value is -1.40. The highest BCUT2D eigenvalue weighted by Crippen LogP contribution is 2.25. The lowest BCUT2D eigenvalue weighted by Gasteiger charge is -1.72. The Kier molecular flexibility index (Phi) is 3.61. The molecule has 0 unspecified atom stereocenters. The van der Waals surface area contributed by atoms with E-state index in [-0.39, 0.29) is 0 Å². The molecule has 0 aliphatic rings. The van der Waals surface area contributed by atoms with Crippen LogP contribution in [0.2, 0.25) is 0 Å². The second-order valence-corrected chi connectivity index (χ2v) is 4.08. The van der Waals surface area contributed by atoms with Crippen LogP contribution < -0.4 is 0 Å². The molecule has 0 aliphatic heterocycles. The number of aliphatic carboxylic acids is 2. The Morgan fingerprint density at radius 1 is 0.929 bits per heavy atom. The molecule has 14 heavy (non-hydrogen) atoms. The van der Waals surface area contributed by atoms with Crippen LogP contribution in [0, 0.1) is 0 Å². The summed E-state index contributed by atoms with van der Waals surface area (Å²) in [7, 11) is 0. The van der Waals surface area contributed by atoms with Gasteiger partial charge in [0.15, 0.2) is 0 Å². The minimum Gasteiger partial charge on any atom is -0.473 e. The molecule has 2 N–H and O–H groups in total. The van der Waals surface area contributed by atoms with Gasteiger partial charge in [-0.3, -0.25) is 0 Å². The highest BCUT2D eigenvalue weighted by atomic mass is 32.1. The number of carbonyl (C=O) groups is 2. The van der Waals surface area contributed by atoms with Gasteiger partial charge >= 0.3 is 11.9 Å². The predicted molar refractivity (Wildman–Crippen MR) is 55.0 cm³/mol. The van der Waals surface area contributed by atoms with Crippen molar-refractivity contribution in [3.63, 3.8) is 0 Å². The summed E-state index contributed by atoms with van der Waals surface area (Å²) >= 11 is 3.61. The molecule has 2 aromatic heterocycles. The van der Waals surface area contributed by atoms with Crippen LogP contribution in [0.25, 0.3) is 9.40 Å². The zero-order valence-corrected chi connectivity index (χ0v) is 8.47. The number of thiophene rings is 2. The topological polar surface area (TPSA) is 74.6 Å². The molecule has 0 saturated heterocycles. The van der Waals surface area contributed by atoms with Gasteiger partial charge in [-0.05, 0) is 22.9 Å². The van der Waals surface area contributed by atoms with Crippen LogP contribution in [0.15, 0.2) is 22.9 Å². The minimum atomic E-state index is -1.82. The van der Waals surface area contributed by atoms with Crippen molar-refractivity contribution in [3.8, 4) is 0 Å². The van der Waals surface area contributed by atoms with Crippen molar-refractivity contribution in [2.75, 3.05) is 0 Å². The van der Waals surface area contributed by atoms with Gasteiger partial charge in [-0.15, -0.1) is 22.7 Å². The van der Waals surface area contributed by atoms with Crippen LogP contribution in [-0.2, 0) is 9.59 Å². The van der Waals surface area contributed by atoms with E-state index in [0.29, 0.717) is 0 Å². The third-order valence-corrected chi connectivity index (χ3v) is 3.15. The monoisotopic (exact) mass is 230 g/mol. The van der Waals surface area contributed by atoms with Gasteiger partial charge < -0.3 is 10.2 Å². The number of rotatable bonds is 0. The molecule has 74 valence electrons. The molecule has 2 rings (SSSR count). The highest BCUT2D eigenvalue weighted by Gasteiger charge is 2.04. The van der Waals surface area contributed by atoms with Crippen LogP contribution in [0.4, 0.5) is 0 Å². The van der Waals surface area contributed by atoms with Crippen molar-refractivity contribution < 1.29 is 19.8 Å². The first-order valence-corrected chi connectivity index (χ1v) is 5.24. The van der Waals surface area contributed by atoms with E-state index in [9.17, 15) is 0 Å². The molecule has 4 nitrogen and oxygen atoms in total. The number of fused-ring (bicyclic) bond motifs is 1. The van der Waals surface area contributed by atoms with Crippen LogP contribution in [0.1, 0.15) is 0 Å². The summed E-state index contributed by atoms with van der Waals surface area (Å²) in [5, 5.41) is 19.0. The van der Waals surface area contributed by atoms with Gasteiger partial charge in [0.05, 0.1) is 0 Å². The van der Waals surface area contributed by atoms with Gasteiger partial charge in [0, 0.05) is 9.40 Å².